The van der Waals surface area contributed by atoms with Crippen LogP contribution in [-0.4, -0.2) is 84.4 Å². The molecule has 4 atom stereocenters. The molecule has 0 saturated heterocycles. The van der Waals surface area contributed by atoms with E-state index in [0.29, 0.717) is 45.8 Å². The minimum atomic E-state index is -1.14. The van der Waals surface area contributed by atoms with E-state index < -0.39 is 28.7 Å². The number of benzene rings is 1. The maximum atomic E-state index is 13.5. The van der Waals surface area contributed by atoms with E-state index in [1.54, 1.807) is 27.9 Å². The van der Waals surface area contributed by atoms with E-state index in [2.05, 4.69) is 23.6 Å². The highest BCUT2D eigenvalue weighted by atomic mass is 16.5. The average molecular weight is 620 g/mol. The van der Waals surface area contributed by atoms with Crippen LogP contribution in [0.4, 0.5) is 4.79 Å². The second-order valence-electron chi connectivity index (χ2n) is 12.1. The first-order valence-corrected chi connectivity index (χ1v) is 15.3. The van der Waals surface area contributed by atoms with Gasteiger partial charge in [0.25, 0.3) is 0 Å². The Morgan fingerprint density at radius 1 is 0.909 bits per heavy atom. The number of urea groups is 1. The summed E-state index contributed by atoms with van der Waals surface area (Å²) in [5.41, 5.74) is -1.01. The zero-order valence-electron chi connectivity index (χ0n) is 27.6. The van der Waals surface area contributed by atoms with Gasteiger partial charge in [-0.3, -0.25) is 9.59 Å². The zero-order valence-corrected chi connectivity index (χ0v) is 27.6. The molecule has 2 N–H and O–H groups in total. The molecule has 11 heteroatoms. The van der Waals surface area contributed by atoms with Gasteiger partial charge in [-0.25, -0.2) is 4.79 Å². The zero-order chi connectivity index (χ0) is 33.0. The second kappa shape index (κ2) is 20.7. The first-order chi connectivity index (χ1) is 20.9. The Morgan fingerprint density at radius 2 is 1.57 bits per heavy atom. The maximum Gasteiger partial charge on any atom is 0.314 e. The fourth-order valence-corrected chi connectivity index (χ4v) is 5.19. The molecule has 11 nitrogen and oxygen atoms in total. The standard InChI is InChI=1S/C33H53N3O8/c1-25(28-11-9-8-10-12-28)21-27(23-34)22-33(5,24-32(3,4)29(37)41-7)30(38)44-16-15-36-31(39)35-14-13-26(2)43-20-19-42-18-17-40-6/h8-12,25-27H,13-22,24H2,1-7H3,(H2,35,36,39). The highest BCUT2D eigenvalue weighted by molar-refractivity contribution is 5.80. The molecular formula is C33H53N3O8. The van der Waals surface area contributed by atoms with Crippen molar-refractivity contribution in [2.75, 3.05) is 60.3 Å². The molecule has 2 amide bonds. The monoisotopic (exact) mass is 619 g/mol. The smallest absolute Gasteiger partial charge is 0.314 e. The van der Waals surface area contributed by atoms with Crippen LogP contribution in [0.15, 0.2) is 30.3 Å². The number of rotatable bonds is 22. The predicted molar refractivity (Wildman–Crippen MR) is 167 cm³/mol. The largest absolute Gasteiger partial charge is 0.469 e. The van der Waals surface area contributed by atoms with Crippen molar-refractivity contribution in [2.45, 2.75) is 72.3 Å². The predicted octanol–water partition coefficient (Wildman–Crippen LogP) is 4.61. The molecule has 0 aliphatic rings. The Bertz CT molecular complexity index is 1030. The van der Waals surface area contributed by atoms with E-state index in [9.17, 15) is 19.6 Å². The molecule has 0 heterocycles. The lowest BCUT2D eigenvalue weighted by Gasteiger charge is -2.35. The highest BCUT2D eigenvalue weighted by Gasteiger charge is 2.45. The lowest BCUT2D eigenvalue weighted by Crippen LogP contribution is -2.42. The van der Waals surface area contributed by atoms with Crippen LogP contribution in [0.25, 0.3) is 0 Å². The molecule has 1 aromatic rings. The number of hydrogen-bond acceptors (Lipinski definition) is 9. The summed E-state index contributed by atoms with van der Waals surface area (Å²) in [6.07, 6.45) is 1.47. The van der Waals surface area contributed by atoms with Gasteiger partial charge < -0.3 is 34.3 Å². The summed E-state index contributed by atoms with van der Waals surface area (Å²) in [4.78, 5) is 38.2. The summed E-state index contributed by atoms with van der Waals surface area (Å²) >= 11 is 0. The Hall–Kier alpha value is -3.20. The Balaban J connectivity index is 2.63. The van der Waals surface area contributed by atoms with E-state index in [0.717, 1.165) is 5.56 Å². The minimum Gasteiger partial charge on any atom is -0.469 e. The van der Waals surface area contributed by atoms with Crippen LogP contribution in [0.3, 0.4) is 0 Å². The van der Waals surface area contributed by atoms with E-state index in [1.165, 1.54) is 7.11 Å². The van der Waals surface area contributed by atoms with Crippen molar-refractivity contribution < 1.29 is 38.1 Å². The number of nitrogens with zero attached hydrogens (tertiary/aromatic N) is 1. The molecule has 0 saturated carbocycles. The molecular weight excluding hydrogens is 566 g/mol. The second-order valence-corrected chi connectivity index (χ2v) is 12.1. The van der Waals surface area contributed by atoms with Crippen molar-refractivity contribution in [3.8, 4) is 6.07 Å². The third-order valence-corrected chi connectivity index (χ3v) is 7.47. The van der Waals surface area contributed by atoms with Crippen molar-refractivity contribution in [1.82, 2.24) is 10.6 Å². The van der Waals surface area contributed by atoms with Crippen molar-refractivity contribution in [3.63, 3.8) is 0 Å². The molecule has 0 aliphatic heterocycles. The van der Waals surface area contributed by atoms with E-state index in [-0.39, 0.29) is 44.0 Å². The molecule has 0 fully saturated rings. The van der Waals surface area contributed by atoms with Crippen LogP contribution < -0.4 is 10.6 Å². The number of nitrogens with one attached hydrogen (secondary N) is 2. The lowest BCUT2D eigenvalue weighted by atomic mass is 9.68. The minimum absolute atomic E-state index is 0.0536. The molecule has 0 spiro atoms. The van der Waals surface area contributed by atoms with Crippen LogP contribution in [0.1, 0.15) is 71.8 Å². The Morgan fingerprint density at radius 3 is 2.20 bits per heavy atom. The fourth-order valence-electron chi connectivity index (χ4n) is 5.19. The van der Waals surface area contributed by atoms with Crippen molar-refractivity contribution in [1.29, 1.82) is 5.26 Å². The number of ether oxygens (including phenoxy) is 5. The molecule has 0 aliphatic carbocycles. The Labute approximate surface area is 263 Å². The molecule has 1 rings (SSSR count). The summed E-state index contributed by atoms with van der Waals surface area (Å²) in [5.74, 6) is -1.32. The topological polar surface area (TPSA) is 145 Å². The van der Waals surface area contributed by atoms with Gasteiger partial charge in [0.2, 0.25) is 0 Å². The molecule has 44 heavy (non-hydrogen) atoms. The third-order valence-electron chi connectivity index (χ3n) is 7.47. The van der Waals surface area contributed by atoms with E-state index >= 15 is 0 Å². The summed E-state index contributed by atoms with van der Waals surface area (Å²) < 4.78 is 26.5. The van der Waals surface area contributed by atoms with Crippen LogP contribution in [0.5, 0.6) is 0 Å². The molecule has 4 unspecified atom stereocenters. The van der Waals surface area contributed by atoms with Gasteiger partial charge in [0, 0.05) is 19.6 Å². The van der Waals surface area contributed by atoms with Crippen LogP contribution in [0.2, 0.25) is 0 Å². The van der Waals surface area contributed by atoms with E-state index in [1.807, 2.05) is 37.3 Å². The fraction of sp³-hybridized carbons (Fsp3) is 0.697. The van der Waals surface area contributed by atoms with Gasteiger partial charge in [0.05, 0.1) is 63.1 Å². The average Bonchev–Trinajstić information content (AvgIpc) is 3.00. The van der Waals surface area contributed by atoms with Gasteiger partial charge in [-0.2, -0.15) is 5.26 Å². The number of carbonyl (C=O) groups excluding carboxylic acids is 3. The van der Waals surface area contributed by atoms with Crippen molar-refractivity contribution in [3.05, 3.63) is 35.9 Å². The summed E-state index contributed by atoms with van der Waals surface area (Å²) in [7, 11) is 2.93. The number of carbonyl (C=O) groups is 3. The summed E-state index contributed by atoms with van der Waals surface area (Å²) in [6.45, 7) is 11.6. The first kappa shape index (κ1) is 38.8. The Kier molecular flexibility index (Phi) is 18.3. The van der Waals surface area contributed by atoms with Crippen molar-refractivity contribution >= 4 is 18.0 Å². The number of amides is 2. The van der Waals surface area contributed by atoms with E-state index in [4.69, 9.17) is 23.7 Å². The van der Waals surface area contributed by atoms with Gasteiger partial charge in [-0.1, -0.05) is 37.3 Å². The summed E-state index contributed by atoms with van der Waals surface area (Å²) in [6, 6.07) is 11.9. The molecule has 1 aromatic carbocycles. The van der Waals surface area contributed by atoms with Crippen molar-refractivity contribution in [2.24, 2.45) is 16.7 Å². The highest BCUT2D eigenvalue weighted by Crippen LogP contribution is 2.42. The van der Waals surface area contributed by atoms with Crippen LogP contribution in [0, 0.1) is 28.1 Å². The number of hydrogen-bond donors (Lipinski definition) is 2. The number of nitriles is 1. The SMILES string of the molecule is COCCOCCOC(C)CCNC(=O)NCCOC(=O)C(C)(CC(C#N)CC(C)c1ccccc1)CC(C)(C)C(=O)OC. The van der Waals surface area contributed by atoms with Gasteiger partial charge in [0.1, 0.15) is 6.61 Å². The molecule has 0 bridgehead atoms. The number of methoxy groups -OCH3 is 2. The molecule has 0 radical (unpaired) electrons. The van der Waals surface area contributed by atoms with Crippen LogP contribution >= 0.6 is 0 Å². The lowest BCUT2D eigenvalue weighted by molar-refractivity contribution is -0.162. The number of esters is 2. The third kappa shape index (κ3) is 15.0. The van der Waals surface area contributed by atoms with Gasteiger partial charge in [0.15, 0.2) is 0 Å². The molecule has 0 aromatic heterocycles. The quantitative estimate of drug-likeness (QED) is 0.140. The maximum absolute atomic E-state index is 13.5. The van der Waals surface area contributed by atoms with Gasteiger partial charge in [-0.15, -0.1) is 0 Å². The van der Waals surface area contributed by atoms with Crippen LogP contribution in [-0.2, 0) is 33.3 Å². The first-order valence-electron chi connectivity index (χ1n) is 15.3. The van der Waals surface area contributed by atoms with Gasteiger partial charge >= 0.3 is 18.0 Å². The normalized spacial score (nSPS) is 14.8. The molecule has 248 valence electrons. The van der Waals surface area contributed by atoms with Gasteiger partial charge in [-0.05, 0) is 64.9 Å². The summed E-state index contributed by atoms with van der Waals surface area (Å²) in [5, 5.41) is 15.5.